The van der Waals surface area contributed by atoms with Crippen molar-refractivity contribution in [3.8, 4) is 0 Å². The molecule has 0 heterocycles. The lowest BCUT2D eigenvalue weighted by Crippen LogP contribution is -2.28. The fourth-order valence-corrected chi connectivity index (χ4v) is 4.37. The molecule has 0 aromatic rings. The average molecular weight is 532 g/mol. The highest BCUT2D eigenvalue weighted by molar-refractivity contribution is 7.17. The van der Waals surface area contributed by atoms with Gasteiger partial charge in [-0.2, -0.15) is 0 Å². The van der Waals surface area contributed by atoms with Crippen molar-refractivity contribution < 1.29 is 28.2 Å². The highest BCUT2D eigenvalue weighted by Gasteiger charge is 2.17. The normalized spacial score (nSPS) is 12.1. The topological polar surface area (TPSA) is 105 Å². The van der Waals surface area contributed by atoms with Crippen molar-refractivity contribution in [1.29, 1.82) is 0 Å². The zero-order valence-electron chi connectivity index (χ0n) is 23.0. The highest BCUT2D eigenvalue weighted by Crippen LogP contribution is 2.13. The Kier molecular flexibility index (Phi) is 27.7. The molecule has 0 saturated heterocycles. The number of carbonyl (C=O) groups is 2. The first-order valence-corrected chi connectivity index (χ1v) is 15.4. The molecule has 7 nitrogen and oxygen atoms in total. The van der Waals surface area contributed by atoms with Gasteiger partial charge in [-0.25, -0.2) is 4.57 Å². The molecule has 2 N–H and O–H groups in total. The minimum Gasteiger partial charge on any atom is -0.462 e. The van der Waals surface area contributed by atoms with E-state index in [9.17, 15) is 14.2 Å². The van der Waals surface area contributed by atoms with Crippen molar-refractivity contribution in [1.82, 2.24) is 0 Å². The Morgan fingerprint density at radius 1 is 0.639 bits per heavy atom. The van der Waals surface area contributed by atoms with Gasteiger partial charge in [0, 0.05) is 12.8 Å². The van der Waals surface area contributed by atoms with Crippen molar-refractivity contribution in [3.05, 3.63) is 0 Å². The molecule has 0 rings (SSSR count). The summed E-state index contributed by atoms with van der Waals surface area (Å²) in [4.78, 5) is 24.2. The van der Waals surface area contributed by atoms with E-state index in [-0.39, 0.29) is 25.2 Å². The highest BCUT2D eigenvalue weighted by atomic mass is 31.1. The zero-order valence-corrected chi connectivity index (χ0v) is 23.9. The summed E-state index contributed by atoms with van der Waals surface area (Å²) in [6.07, 6.45) is 22.2. The molecular weight excluding hydrogens is 477 g/mol. The van der Waals surface area contributed by atoms with Crippen molar-refractivity contribution in [2.75, 3.05) is 19.8 Å². The van der Waals surface area contributed by atoms with E-state index in [2.05, 4.69) is 6.92 Å². The maximum atomic E-state index is 12.1. The molecule has 0 amide bonds. The van der Waals surface area contributed by atoms with E-state index in [0.717, 1.165) is 51.5 Å². The number of unbranched alkanes of at least 4 members (excludes halogenated alkanes) is 17. The Labute approximate surface area is 222 Å². The quantitative estimate of drug-likeness (QED) is 0.0623. The van der Waals surface area contributed by atoms with Gasteiger partial charge in [0.1, 0.15) is 13.2 Å². The minimum atomic E-state index is -0.729. The van der Waals surface area contributed by atoms with Crippen LogP contribution in [0.4, 0.5) is 0 Å². The van der Waals surface area contributed by atoms with Gasteiger partial charge >= 0.3 is 20.6 Å². The van der Waals surface area contributed by atoms with E-state index in [0.29, 0.717) is 12.8 Å². The summed E-state index contributed by atoms with van der Waals surface area (Å²) in [5.41, 5.74) is 5.51. The van der Waals surface area contributed by atoms with Gasteiger partial charge in [-0.1, -0.05) is 110 Å². The zero-order chi connectivity index (χ0) is 26.5. The molecule has 0 saturated carbocycles. The van der Waals surface area contributed by atoms with E-state index in [1.54, 1.807) is 0 Å². The van der Waals surface area contributed by atoms with Crippen LogP contribution in [0.1, 0.15) is 142 Å². The first kappa shape index (κ1) is 35.0. The monoisotopic (exact) mass is 531 g/mol. The summed E-state index contributed by atoms with van der Waals surface area (Å²) in [5, 5.41) is 0. The molecular formula is C28H54NO6P. The number of hydrogen-bond acceptors (Lipinski definition) is 7. The second-order valence-corrected chi connectivity index (χ2v) is 10.2. The molecule has 0 aromatic heterocycles. The number of esters is 2. The van der Waals surface area contributed by atoms with Gasteiger partial charge < -0.3 is 15.2 Å². The second-order valence-electron chi connectivity index (χ2n) is 9.82. The van der Waals surface area contributed by atoms with Gasteiger partial charge in [0.15, 0.2) is 6.10 Å². The molecule has 36 heavy (non-hydrogen) atoms. The van der Waals surface area contributed by atoms with Crippen LogP contribution in [-0.4, -0.2) is 37.8 Å². The van der Waals surface area contributed by atoms with E-state index in [1.165, 1.54) is 77.0 Å². The molecule has 8 heteroatoms. The Morgan fingerprint density at radius 3 is 1.56 bits per heavy atom. The lowest BCUT2D eigenvalue weighted by Gasteiger charge is -2.16. The first-order chi connectivity index (χ1) is 17.6. The van der Waals surface area contributed by atoms with Gasteiger partial charge in [-0.05, 0) is 25.8 Å². The summed E-state index contributed by atoms with van der Waals surface area (Å²) in [6.45, 7) is 2.87. The Bertz CT molecular complexity index is 520. The number of carbonyl (C=O) groups excluding carboxylic acids is 2. The van der Waals surface area contributed by atoms with Crippen LogP contribution in [0, 0.1) is 0 Å². The smallest absolute Gasteiger partial charge is 0.327 e. The van der Waals surface area contributed by atoms with Crippen molar-refractivity contribution in [2.24, 2.45) is 5.73 Å². The predicted molar refractivity (Wildman–Crippen MR) is 146 cm³/mol. The van der Waals surface area contributed by atoms with Crippen molar-refractivity contribution in [2.45, 2.75) is 148 Å². The summed E-state index contributed by atoms with van der Waals surface area (Å²) in [5.74, 6) is -0.625. The van der Waals surface area contributed by atoms with E-state index < -0.39 is 14.8 Å². The molecule has 212 valence electrons. The summed E-state index contributed by atoms with van der Waals surface area (Å²) >= 11 is 0. The Morgan fingerprint density at radius 2 is 1.08 bits per heavy atom. The molecule has 0 fully saturated rings. The van der Waals surface area contributed by atoms with E-state index in [1.807, 2.05) is 0 Å². The number of ether oxygens (including phenoxy) is 2. The van der Waals surface area contributed by atoms with Crippen LogP contribution >= 0.6 is 8.69 Å². The third-order valence-electron chi connectivity index (χ3n) is 6.36. The fourth-order valence-electron chi connectivity index (χ4n) is 4.14. The van der Waals surface area contributed by atoms with Crippen molar-refractivity contribution in [3.63, 3.8) is 0 Å². The SMILES string of the molecule is CCCCCCCCCC(=O)O[C@@H](COP=O)COC(=O)CCCCCCCCCCCCCCN. The van der Waals surface area contributed by atoms with E-state index in [4.69, 9.17) is 19.7 Å². The van der Waals surface area contributed by atoms with Gasteiger partial charge in [0.2, 0.25) is 0 Å². The predicted octanol–water partition coefficient (Wildman–Crippen LogP) is 7.84. The third kappa shape index (κ3) is 26.0. The summed E-state index contributed by atoms with van der Waals surface area (Å²) < 4.78 is 26.1. The Hall–Kier alpha value is -1.04. The fraction of sp³-hybridized carbons (Fsp3) is 0.929. The van der Waals surface area contributed by atoms with Gasteiger partial charge in [-0.15, -0.1) is 0 Å². The second kappa shape index (κ2) is 28.5. The number of rotatable bonds is 28. The maximum Gasteiger partial charge on any atom is 0.327 e. The lowest BCUT2D eigenvalue weighted by molar-refractivity contribution is -0.160. The molecule has 0 radical (unpaired) electrons. The molecule has 0 aliphatic carbocycles. The molecule has 1 atom stereocenters. The van der Waals surface area contributed by atoms with Crippen LogP contribution in [-0.2, 0) is 28.2 Å². The van der Waals surface area contributed by atoms with Gasteiger partial charge in [-0.3, -0.25) is 14.1 Å². The minimum absolute atomic E-state index is 0.0607. The van der Waals surface area contributed by atoms with Crippen molar-refractivity contribution >= 4 is 20.6 Å². The van der Waals surface area contributed by atoms with Crippen LogP contribution < -0.4 is 5.73 Å². The maximum absolute atomic E-state index is 12.1. The van der Waals surface area contributed by atoms with Crippen LogP contribution in [0.2, 0.25) is 0 Å². The van der Waals surface area contributed by atoms with Crippen LogP contribution in [0.25, 0.3) is 0 Å². The number of nitrogens with two attached hydrogens (primary N) is 1. The molecule has 0 bridgehead atoms. The largest absolute Gasteiger partial charge is 0.462 e. The third-order valence-corrected chi connectivity index (χ3v) is 6.62. The first-order valence-electron chi connectivity index (χ1n) is 14.6. The average Bonchev–Trinajstić information content (AvgIpc) is 2.87. The molecule has 0 aliphatic heterocycles. The lowest BCUT2D eigenvalue weighted by atomic mass is 10.0. The molecule has 0 aliphatic rings. The van der Waals surface area contributed by atoms with Crippen LogP contribution in [0.3, 0.4) is 0 Å². The Balaban J connectivity index is 3.77. The van der Waals surface area contributed by atoms with E-state index >= 15 is 0 Å². The molecule has 0 spiro atoms. The summed E-state index contributed by atoms with van der Waals surface area (Å²) in [6, 6.07) is 0. The van der Waals surface area contributed by atoms with Crippen LogP contribution in [0.15, 0.2) is 0 Å². The number of hydrogen-bond donors (Lipinski definition) is 1. The standard InChI is InChI=1S/C28H54NO6P/c1-2-3-4-5-12-16-19-22-28(31)35-26(25-34-36-32)24-33-27(30)21-18-15-13-10-8-6-7-9-11-14-17-20-23-29/h26H,2-25,29H2,1H3/t26-/m1/s1. The summed E-state index contributed by atoms with van der Waals surface area (Å²) in [7, 11) is -0.487. The molecule has 0 unspecified atom stereocenters. The van der Waals surface area contributed by atoms with Gasteiger partial charge in [0.05, 0.1) is 0 Å². The van der Waals surface area contributed by atoms with Gasteiger partial charge in [0.25, 0.3) is 0 Å². The molecule has 0 aromatic carbocycles. The van der Waals surface area contributed by atoms with Crippen LogP contribution in [0.5, 0.6) is 0 Å².